The average molecular weight is 402 g/mol. The van der Waals surface area contributed by atoms with Gasteiger partial charge in [-0.25, -0.2) is 4.79 Å². The fourth-order valence-electron chi connectivity index (χ4n) is 3.46. The fourth-order valence-corrected chi connectivity index (χ4v) is 4.06. The van der Waals surface area contributed by atoms with Gasteiger partial charge in [-0.1, -0.05) is 56.3 Å². The smallest absolute Gasteiger partial charge is 0.414 e. The molecule has 0 bridgehead atoms. The number of hydrogen-bond acceptors (Lipinski definition) is 2. The van der Waals surface area contributed by atoms with E-state index in [1.165, 1.54) is 5.56 Å². The Morgan fingerprint density at radius 1 is 1.20 bits per heavy atom. The number of rotatable bonds is 4. The van der Waals surface area contributed by atoms with Crippen LogP contribution in [-0.4, -0.2) is 12.1 Å². The van der Waals surface area contributed by atoms with Crippen LogP contribution in [0.25, 0.3) is 0 Å². The van der Waals surface area contributed by atoms with Gasteiger partial charge in [-0.05, 0) is 58.3 Å². The van der Waals surface area contributed by atoms with E-state index in [1.807, 2.05) is 47.4 Å². The Hall–Kier alpha value is -1.81. The summed E-state index contributed by atoms with van der Waals surface area (Å²) in [5.74, 6) is 0.526. The molecule has 1 amide bonds. The predicted octanol–water partition coefficient (Wildman–Crippen LogP) is 5.95. The van der Waals surface area contributed by atoms with E-state index in [0.717, 1.165) is 35.0 Å². The van der Waals surface area contributed by atoms with Crippen LogP contribution >= 0.6 is 15.9 Å². The predicted molar refractivity (Wildman–Crippen MR) is 105 cm³/mol. The van der Waals surface area contributed by atoms with Crippen molar-refractivity contribution in [2.45, 2.75) is 45.8 Å². The zero-order chi connectivity index (χ0) is 17.8. The third-order valence-electron chi connectivity index (χ3n) is 4.57. The number of aryl methyl sites for hydroxylation is 1. The lowest BCUT2D eigenvalue weighted by atomic mass is 9.91. The van der Waals surface area contributed by atoms with Crippen LogP contribution in [0.3, 0.4) is 0 Å². The summed E-state index contributed by atoms with van der Waals surface area (Å²) in [7, 11) is 0. The summed E-state index contributed by atoms with van der Waals surface area (Å²) < 4.78 is 6.61. The quantitative estimate of drug-likeness (QED) is 0.632. The second-order valence-electron chi connectivity index (χ2n) is 6.98. The van der Waals surface area contributed by atoms with Gasteiger partial charge in [0, 0.05) is 10.5 Å². The van der Waals surface area contributed by atoms with Crippen molar-refractivity contribution in [3.8, 4) is 0 Å². The zero-order valence-corrected chi connectivity index (χ0v) is 16.3. The first kappa shape index (κ1) is 18.0. The van der Waals surface area contributed by atoms with Crippen molar-refractivity contribution >= 4 is 27.7 Å². The van der Waals surface area contributed by atoms with Gasteiger partial charge in [0.1, 0.15) is 6.61 Å². The van der Waals surface area contributed by atoms with Crippen molar-refractivity contribution in [1.29, 1.82) is 0 Å². The molecule has 0 aliphatic carbocycles. The van der Waals surface area contributed by atoms with Gasteiger partial charge in [0.15, 0.2) is 0 Å². The molecular formula is C21H24BrNO2. The third-order valence-corrected chi connectivity index (χ3v) is 5.21. The van der Waals surface area contributed by atoms with Crippen LogP contribution in [-0.2, 0) is 17.8 Å². The van der Waals surface area contributed by atoms with Crippen molar-refractivity contribution in [1.82, 2.24) is 0 Å². The van der Waals surface area contributed by atoms with E-state index >= 15 is 0 Å². The molecule has 3 rings (SSSR count). The molecule has 4 heteroatoms. The number of halogens is 1. The molecular weight excluding hydrogens is 378 g/mol. The van der Waals surface area contributed by atoms with Crippen molar-refractivity contribution in [3.63, 3.8) is 0 Å². The highest BCUT2D eigenvalue weighted by Crippen LogP contribution is 2.39. The molecule has 25 heavy (non-hydrogen) atoms. The number of para-hydroxylation sites is 1. The molecule has 132 valence electrons. The maximum atomic E-state index is 13.0. The Morgan fingerprint density at radius 2 is 1.96 bits per heavy atom. The van der Waals surface area contributed by atoms with Crippen LogP contribution in [0, 0.1) is 5.92 Å². The number of hydrogen-bond donors (Lipinski definition) is 0. The number of carbonyl (C=O) groups excluding carboxylic acids is 1. The molecule has 0 aromatic heterocycles. The molecule has 1 aliphatic rings. The molecule has 0 saturated heterocycles. The summed E-state index contributed by atoms with van der Waals surface area (Å²) in [4.78, 5) is 14.8. The molecule has 1 atom stereocenters. The molecule has 1 heterocycles. The second-order valence-corrected chi connectivity index (χ2v) is 7.83. The Labute approximate surface area is 158 Å². The fraction of sp³-hybridized carbons (Fsp3) is 0.381. The number of anilines is 1. The Balaban J connectivity index is 1.84. The van der Waals surface area contributed by atoms with Crippen molar-refractivity contribution in [3.05, 3.63) is 64.1 Å². The summed E-state index contributed by atoms with van der Waals surface area (Å²) in [6, 6.07) is 16.1. The summed E-state index contributed by atoms with van der Waals surface area (Å²) in [6.45, 7) is 4.69. The van der Waals surface area contributed by atoms with Crippen molar-refractivity contribution in [2.75, 3.05) is 4.90 Å². The Kier molecular flexibility index (Phi) is 5.79. The lowest BCUT2D eigenvalue weighted by molar-refractivity contribution is 0.142. The highest BCUT2D eigenvalue weighted by molar-refractivity contribution is 9.10. The first-order valence-electron chi connectivity index (χ1n) is 8.83. The van der Waals surface area contributed by atoms with Gasteiger partial charge >= 0.3 is 6.09 Å². The van der Waals surface area contributed by atoms with Crippen molar-refractivity contribution < 1.29 is 9.53 Å². The van der Waals surface area contributed by atoms with Gasteiger partial charge in [0.2, 0.25) is 0 Å². The van der Waals surface area contributed by atoms with Crippen LogP contribution < -0.4 is 4.90 Å². The maximum absolute atomic E-state index is 13.0. The average Bonchev–Trinajstić information content (AvgIpc) is 2.60. The minimum absolute atomic E-state index is 0.175. The highest BCUT2D eigenvalue weighted by Gasteiger charge is 2.33. The lowest BCUT2D eigenvalue weighted by Gasteiger charge is -2.38. The summed E-state index contributed by atoms with van der Waals surface area (Å²) >= 11 is 3.63. The van der Waals surface area contributed by atoms with E-state index in [2.05, 4.69) is 35.8 Å². The van der Waals surface area contributed by atoms with Crippen molar-refractivity contribution in [2.24, 2.45) is 5.92 Å². The minimum atomic E-state index is -0.262. The topological polar surface area (TPSA) is 29.5 Å². The number of amides is 1. The van der Waals surface area contributed by atoms with Gasteiger partial charge in [-0.15, -0.1) is 0 Å². The normalized spacial score (nSPS) is 16.6. The van der Waals surface area contributed by atoms with E-state index in [1.54, 1.807) is 0 Å². The molecule has 3 nitrogen and oxygen atoms in total. The molecule has 1 unspecified atom stereocenters. The highest BCUT2D eigenvalue weighted by atomic mass is 79.9. The standard InChI is InChI=1S/C21H24BrNO2/c1-15(2)13-18-12-11-17-9-6-10-19(22)20(17)23(18)21(24)25-14-16-7-4-3-5-8-16/h3-10,15,18H,11-14H2,1-2H3. The number of carbonyl (C=O) groups is 1. The van der Waals surface area contributed by atoms with Crippen LogP contribution in [0.15, 0.2) is 53.0 Å². The molecule has 0 saturated carbocycles. The molecule has 1 aliphatic heterocycles. The van der Waals surface area contributed by atoms with E-state index < -0.39 is 0 Å². The first-order valence-corrected chi connectivity index (χ1v) is 9.63. The molecule has 0 radical (unpaired) electrons. The van der Waals surface area contributed by atoms with Gasteiger partial charge < -0.3 is 4.74 Å². The molecule has 0 N–H and O–H groups in total. The van der Waals surface area contributed by atoms with Gasteiger partial charge in [-0.3, -0.25) is 4.90 Å². The molecule has 2 aromatic carbocycles. The Morgan fingerprint density at radius 3 is 2.68 bits per heavy atom. The summed E-state index contributed by atoms with van der Waals surface area (Å²) in [5, 5.41) is 0. The largest absolute Gasteiger partial charge is 0.444 e. The van der Waals surface area contributed by atoms with E-state index in [9.17, 15) is 4.79 Å². The minimum Gasteiger partial charge on any atom is -0.444 e. The molecule has 2 aromatic rings. The summed E-state index contributed by atoms with van der Waals surface area (Å²) in [5.41, 5.74) is 3.17. The maximum Gasteiger partial charge on any atom is 0.414 e. The number of benzene rings is 2. The van der Waals surface area contributed by atoms with E-state index in [4.69, 9.17) is 4.74 Å². The van der Waals surface area contributed by atoms with Crippen LogP contribution in [0.5, 0.6) is 0 Å². The van der Waals surface area contributed by atoms with Crippen LogP contribution in [0.4, 0.5) is 10.5 Å². The number of fused-ring (bicyclic) bond motifs is 1. The Bertz CT molecular complexity index is 730. The number of nitrogens with zero attached hydrogens (tertiary/aromatic N) is 1. The van der Waals surface area contributed by atoms with Gasteiger partial charge in [0.05, 0.1) is 5.69 Å². The first-order chi connectivity index (χ1) is 12.1. The monoisotopic (exact) mass is 401 g/mol. The molecule has 0 fully saturated rings. The van der Waals surface area contributed by atoms with E-state index in [0.29, 0.717) is 12.5 Å². The SMILES string of the molecule is CC(C)CC1CCc2cccc(Br)c2N1C(=O)OCc1ccccc1. The lowest BCUT2D eigenvalue weighted by Crippen LogP contribution is -2.45. The summed E-state index contributed by atoms with van der Waals surface area (Å²) in [6.07, 6.45) is 2.68. The van der Waals surface area contributed by atoms with Crippen LogP contribution in [0.2, 0.25) is 0 Å². The second kappa shape index (κ2) is 8.05. The zero-order valence-electron chi connectivity index (χ0n) is 14.7. The van der Waals surface area contributed by atoms with Crippen LogP contribution in [0.1, 0.15) is 37.8 Å². The van der Waals surface area contributed by atoms with Gasteiger partial charge in [-0.2, -0.15) is 0 Å². The third kappa shape index (κ3) is 4.24. The van der Waals surface area contributed by atoms with E-state index in [-0.39, 0.29) is 12.1 Å². The number of ether oxygens (including phenoxy) is 1. The van der Waals surface area contributed by atoms with Gasteiger partial charge in [0.25, 0.3) is 0 Å². The molecule has 0 spiro atoms.